The molecule has 3 aromatic carbocycles. The zero-order valence-corrected chi connectivity index (χ0v) is 27.2. The number of anilines is 2. The molecule has 2 unspecified atom stereocenters. The number of carboxylic acids is 1. The summed E-state index contributed by atoms with van der Waals surface area (Å²) in [5.74, 6) is -1.51. The molecule has 0 spiro atoms. The molecule has 0 saturated carbocycles. The van der Waals surface area contributed by atoms with E-state index in [4.69, 9.17) is 34.0 Å². The van der Waals surface area contributed by atoms with Crippen molar-refractivity contribution in [2.45, 2.75) is 38.3 Å². The number of nitrogen functional groups attached to an aromatic ring is 1. The molecule has 39 heavy (non-hydrogen) atoms. The molecular formula is C28H26Cl2IN3NaO4. The summed E-state index contributed by atoms with van der Waals surface area (Å²) in [7, 11) is 0. The van der Waals surface area contributed by atoms with Gasteiger partial charge in [-0.3, -0.25) is 14.4 Å². The second-order valence-electron chi connectivity index (χ2n) is 9.12. The first kappa shape index (κ1) is 31.7. The Bertz CT molecular complexity index is 1390. The van der Waals surface area contributed by atoms with Crippen LogP contribution < -0.4 is 10.6 Å². The van der Waals surface area contributed by atoms with Crippen LogP contribution in [-0.4, -0.2) is 63.9 Å². The Balaban J connectivity index is 0.00000420. The number of nitrogens with two attached hydrogens (primary N) is 1. The Hall–Kier alpha value is -1.82. The van der Waals surface area contributed by atoms with E-state index in [0.29, 0.717) is 51.0 Å². The van der Waals surface area contributed by atoms with Gasteiger partial charge in [-0.2, -0.15) is 0 Å². The number of halogens is 3. The largest absolute Gasteiger partial charge is 0.481 e. The fourth-order valence-electron chi connectivity index (χ4n) is 4.76. The summed E-state index contributed by atoms with van der Waals surface area (Å²) in [5, 5.41) is 10.0. The van der Waals surface area contributed by atoms with Gasteiger partial charge in [-0.15, -0.1) is 0 Å². The molecule has 0 bridgehead atoms. The quantitative estimate of drug-likeness (QED) is 0.124. The first-order valence-corrected chi connectivity index (χ1v) is 13.9. The second-order valence-corrected chi connectivity index (χ2v) is 11.2. The molecule has 2 atom stereocenters. The van der Waals surface area contributed by atoms with Crippen LogP contribution in [0.1, 0.15) is 59.8 Å². The molecule has 11 heteroatoms. The molecule has 3 N–H and O–H groups in total. The van der Waals surface area contributed by atoms with Crippen molar-refractivity contribution in [1.82, 2.24) is 4.90 Å². The number of amides is 2. The minimum atomic E-state index is -0.977. The Morgan fingerprint density at radius 2 is 1.69 bits per heavy atom. The van der Waals surface area contributed by atoms with E-state index in [2.05, 4.69) is 22.6 Å². The fraction of sp³-hybridized carbons (Fsp3) is 0.250. The predicted octanol–water partition coefficient (Wildman–Crippen LogP) is 6.35. The van der Waals surface area contributed by atoms with Crippen molar-refractivity contribution in [3.8, 4) is 0 Å². The third-order valence-electron chi connectivity index (χ3n) is 6.62. The van der Waals surface area contributed by atoms with Gasteiger partial charge >= 0.3 is 5.97 Å². The van der Waals surface area contributed by atoms with Crippen molar-refractivity contribution >= 4 is 105 Å². The van der Waals surface area contributed by atoms with Gasteiger partial charge in [0, 0.05) is 61.8 Å². The van der Waals surface area contributed by atoms with Crippen LogP contribution in [0.4, 0.5) is 11.4 Å². The van der Waals surface area contributed by atoms with Crippen LogP contribution in [0.25, 0.3) is 0 Å². The second kappa shape index (κ2) is 13.7. The molecule has 1 heterocycles. The van der Waals surface area contributed by atoms with Crippen LogP contribution in [-0.2, 0) is 9.59 Å². The molecule has 1 radical (unpaired) electrons. The SMILES string of the molecule is CC(c1ccc(Cl)cc1N)N1C(=O)c2cc(I)ccc2N(CCCCC(=O)O)C(=O)C1c1ccc(Cl)cc1.[Na]. The summed E-state index contributed by atoms with van der Waals surface area (Å²) < 4.78 is 0.844. The van der Waals surface area contributed by atoms with E-state index in [1.54, 1.807) is 64.4 Å². The summed E-state index contributed by atoms with van der Waals surface area (Å²) >= 11 is 14.4. The number of fused-ring (bicyclic) bond motifs is 1. The summed E-state index contributed by atoms with van der Waals surface area (Å²) in [6, 6.07) is 15.8. The first-order valence-electron chi connectivity index (χ1n) is 12.0. The van der Waals surface area contributed by atoms with E-state index >= 15 is 0 Å². The Morgan fingerprint density at radius 1 is 1.03 bits per heavy atom. The molecule has 3 aromatic rings. The Labute approximate surface area is 273 Å². The molecular weight excluding hydrogens is 663 g/mol. The molecule has 7 nitrogen and oxygen atoms in total. The third kappa shape index (κ3) is 7.10. The van der Waals surface area contributed by atoms with Gasteiger partial charge in [0.05, 0.1) is 17.3 Å². The number of carboxylic acid groups (broad SMARTS) is 1. The number of hydrogen-bond donors (Lipinski definition) is 2. The summed E-state index contributed by atoms with van der Waals surface area (Å²) in [6.45, 7) is 2.10. The van der Waals surface area contributed by atoms with Gasteiger partial charge < -0.3 is 20.6 Å². The number of carbonyl (C=O) groups excluding carboxylic acids is 2. The van der Waals surface area contributed by atoms with Gasteiger partial charge in [0.1, 0.15) is 6.04 Å². The first-order chi connectivity index (χ1) is 18.1. The molecule has 0 aliphatic carbocycles. The molecule has 2 amide bonds. The van der Waals surface area contributed by atoms with Crippen molar-refractivity contribution in [3.05, 3.63) is 91.0 Å². The van der Waals surface area contributed by atoms with Gasteiger partial charge in [-0.1, -0.05) is 41.4 Å². The van der Waals surface area contributed by atoms with E-state index < -0.39 is 18.1 Å². The molecule has 199 valence electrons. The maximum absolute atomic E-state index is 14.4. The van der Waals surface area contributed by atoms with Crippen LogP contribution in [0.15, 0.2) is 60.7 Å². The van der Waals surface area contributed by atoms with Crippen molar-refractivity contribution in [1.29, 1.82) is 0 Å². The van der Waals surface area contributed by atoms with Crippen molar-refractivity contribution in [3.63, 3.8) is 0 Å². The summed E-state index contributed by atoms with van der Waals surface area (Å²) in [6.07, 6.45) is 0.866. The van der Waals surface area contributed by atoms with Gasteiger partial charge in [0.15, 0.2) is 0 Å². The number of aliphatic carboxylic acids is 1. The summed E-state index contributed by atoms with van der Waals surface area (Å²) in [5.41, 5.74) is 8.88. The van der Waals surface area contributed by atoms with Crippen LogP contribution in [0.2, 0.25) is 10.0 Å². The number of carbonyl (C=O) groups is 3. The molecule has 1 aliphatic rings. The van der Waals surface area contributed by atoms with Gasteiger partial charge in [0.2, 0.25) is 0 Å². The van der Waals surface area contributed by atoms with Crippen molar-refractivity contribution in [2.75, 3.05) is 17.2 Å². The maximum Gasteiger partial charge on any atom is 0.303 e. The fourth-order valence-corrected chi connectivity index (χ4v) is 5.55. The third-order valence-corrected chi connectivity index (χ3v) is 7.77. The van der Waals surface area contributed by atoms with Crippen LogP contribution in [0.3, 0.4) is 0 Å². The molecule has 4 rings (SSSR count). The Morgan fingerprint density at radius 3 is 2.33 bits per heavy atom. The van der Waals surface area contributed by atoms with Crippen LogP contribution in [0.5, 0.6) is 0 Å². The number of hydrogen-bond acceptors (Lipinski definition) is 4. The Kier molecular flexibility index (Phi) is 11.1. The zero-order valence-electron chi connectivity index (χ0n) is 21.5. The van der Waals surface area contributed by atoms with E-state index in [0.717, 1.165) is 3.57 Å². The summed E-state index contributed by atoms with van der Waals surface area (Å²) in [4.78, 5) is 42.9. The van der Waals surface area contributed by atoms with Gasteiger partial charge in [-0.25, -0.2) is 0 Å². The minimum absolute atomic E-state index is 0. The number of unbranched alkanes of at least 4 members (excludes halogenated alkanes) is 1. The van der Waals surface area contributed by atoms with E-state index in [1.807, 2.05) is 13.0 Å². The number of benzene rings is 3. The number of rotatable bonds is 8. The molecule has 1 aliphatic heterocycles. The maximum atomic E-state index is 14.4. The molecule has 0 aromatic heterocycles. The van der Waals surface area contributed by atoms with Crippen LogP contribution in [0, 0.1) is 3.57 Å². The van der Waals surface area contributed by atoms with E-state index in [1.165, 1.54) is 0 Å². The molecule has 0 saturated heterocycles. The monoisotopic (exact) mass is 688 g/mol. The number of nitrogens with zero attached hydrogens (tertiary/aromatic N) is 2. The topological polar surface area (TPSA) is 104 Å². The van der Waals surface area contributed by atoms with Crippen LogP contribution >= 0.6 is 45.8 Å². The average molecular weight is 689 g/mol. The van der Waals surface area contributed by atoms with Crippen molar-refractivity contribution < 1.29 is 19.5 Å². The minimum Gasteiger partial charge on any atom is -0.481 e. The average Bonchev–Trinajstić information content (AvgIpc) is 2.95. The van der Waals surface area contributed by atoms with E-state index in [9.17, 15) is 14.4 Å². The van der Waals surface area contributed by atoms with Crippen molar-refractivity contribution in [2.24, 2.45) is 0 Å². The van der Waals surface area contributed by atoms with E-state index in [-0.39, 0.29) is 54.3 Å². The standard InChI is InChI=1S/C28H26Cl2IN3O4.Na/c1-16(21-11-9-19(30)14-23(21)32)34-26(17-5-7-18(29)8-6-17)28(38)33(13-3-2-4-25(35)36)24-12-10-20(31)15-22(24)27(34)37;/h5-12,14-16,26H,2-4,13,32H2,1H3,(H,35,36);. The zero-order chi connectivity index (χ0) is 27.6. The van der Waals surface area contributed by atoms with Gasteiger partial charge in [-0.05, 0) is 95.9 Å². The molecule has 0 fully saturated rings. The van der Waals surface area contributed by atoms with Gasteiger partial charge in [0.25, 0.3) is 11.8 Å². The normalized spacial score (nSPS) is 15.8. The smallest absolute Gasteiger partial charge is 0.303 e. The predicted molar refractivity (Wildman–Crippen MR) is 163 cm³/mol.